The third-order valence-electron chi connectivity index (χ3n) is 4.85. The second kappa shape index (κ2) is 6.66. The van der Waals surface area contributed by atoms with Crippen molar-refractivity contribution in [2.45, 2.75) is 25.6 Å². The molecule has 2 aromatic rings. The van der Waals surface area contributed by atoms with E-state index in [9.17, 15) is 9.59 Å². The fourth-order valence-corrected chi connectivity index (χ4v) is 3.62. The topological polar surface area (TPSA) is 74.6 Å². The van der Waals surface area contributed by atoms with Crippen LogP contribution in [-0.2, 0) is 16.1 Å². The maximum Gasteiger partial charge on any atom is 0.263 e. The fraction of sp³-hybridized carbons (Fsp3) is 0.263. The Bertz CT molecular complexity index is 962. The van der Waals surface area contributed by atoms with Crippen LogP contribution in [0.5, 0.6) is 5.75 Å². The summed E-state index contributed by atoms with van der Waals surface area (Å²) in [6.45, 7) is 2.40. The average molecular weight is 385 g/mol. The van der Waals surface area contributed by atoms with E-state index in [-0.39, 0.29) is 5.91 Å². The summed E-state index contributed by atoms with van der Waals surface area (Å²) in [5.74, 6) is -0.285. The highest BCUT2D eigenvalue weighted by atomic mass is 35.5. The molecule has 1 saturated heterocycles. The van der Waals surface area contributed by atoms with Gasteiger partial charge < -0.3 is 4.74 Å². The Balaban J connectivity index is 1.62. The minimum absolute atomic E-state index is 0.325. The number of anilines is 1. The zero-order valence-corrected chi connectivity index (χ0v) is 15.6. The molecular formula is C19H17ClN4O3. The summed E-state index contributed by atoms with van der Waals surface area (Å²) < 4.78 is 5.12. The number of aryl methyl sites for hydroxylation is 1. The van der Waals surface area contributed by atoms with Gasteiger partial charge in [-0.2, -0.15) is 5.11 Å². The summed E-state index contributed by atoms with van der Waals surface area (Å²) in [7, 11) is 1.50. The molecule has 2 amide bonds. The number of nitrogens with zero attached hydrogens (tertiary/aromatic N) is 4. The van der Waals surface area contributed by atoms with Crippen LogP contribution in [-0.4, -0.2) is 36.0 Å². The van der Waals surface area contributed by atoms with E-state index in [1.165, 1.54) is 7.11 Å². The summed E-state index contributed by atoms with van der Waals surface area (Å²) in [5.41, 5.74) is 2.52. The van der Waals surface area contributed by atoms with Crippen LogP contribution in [0.4, 0.5) is 5.69 Å². The monoisotopic (exact) mass is 384 g/mol. The summed E-state index contributed by atoms with van der Waals surface area (Å²) in [6, 6.07) is 11.1. The van der Waals surface area contributed by atoms with Crippen molar-refractivity contribution in [2.24, 2.45) is 10.3 Å². The van der Waals surface area contributed by atoms with Gasteiger partial charge in [-0.1, -0.05) is 41.1 Å². The van der Waals surface area contributed by atoms with Crippen molar-refractivity contribution in [1.29, 1.82) is 0 Å². The average Bonchev–Trinajstić information content (AvgIpc) is 3.17. The van der Waals surface area contributed by atoms with Gasteiger partial charge in [0, 0.05) is 0 Å². The largest absolute Gasteiger partial charge is 0.495 e. The number of halogens is 1. The second-order valence-electron chi connectivity index (χ2n) is 6.45. The highest BCUT2D eigenvalue weighted by Gasteiger charge is 2.54. The van der Waals surface area contributed by atoms with Crippen molar-refractivity contribution in [1.82, 2.24) is 5.01 Å². The van der Waals surface area contributed by atoms with E-state index in [2.05, 4.69) is 10.3 Å². The Hall–Kier alpha value is -2.93. The summed E-state index contributed by atoms with van der Waals surface area (Å²) in [6.07, 6.45) is 0. The first-order valence-corrected chi connectivity index (χ1v) is 8.82. The molecule has 2 heterocycles. The van der Waals surface area contributed by atoms with Crippen LogP contribution in [0.2, 0.25) is 5.02 Å². The van der Waals surface area contributed by atoms with Gasteiger partial charge in [0.15, 0.2) is 12.1 Å². The molecular weight excluding hydrogens is 368 g/mol. The first-order valence-electron chi connectivity index (χ1n) is 8.44. The standard InChI is InChI=1S/C19H17ClN4O3/c1-11-5-3-4-6-12(11)10-23-17-16(21-22-23)18(25)24(19(17)26)13-7-8-15(27-2)14(20)9-13/h3-9,16-17H,10H2,1-2H3. The molecule has 7 nitrogen and oxygen atoms in total. The Morgan fingerprint density at radius 2 is 1.93 bits per heavy atom. The predicted octanol–water partition coefficient (Wildman–Crippen LogP) is 3.15. The van der Waals surface area contributed by atoms with E-state index in [1.807, 2.05) is 31.2 Å². The number of fused-ring (bicyclic) bond motifs is 1. The van der Waals surface area contributed by atoms with Crippen molar-refractivity contribution in [3.05, 3.63) is 58.6 Å². The van der Waals surface area contributed by atoms with E-state index in [4.69, 9.17) is 16.3 Å². The molecule has 1 fully saturated rings. The van der Waals surface area contributed by atoms with Crippen molar-refractivity contribution >= 4 is 29.1 Å². The van der Waals surface area contributed by atoms with Gasteiger partial charge in [0.05, 0.1) is 24.4 Å². The maximum absolute atomic E-state index is 13.0. The van der Waals surface area contributed by atoms with Crippen LogP contribution >= 0.6 is 11.6 Å². The van der Waals surface area contributed by atoms with Gasteiger partial charge in [-0.05, 0) is 36.2 Å². The van der Waals surface area contributed by atoms with Crippen LogP contribution in [0.1, 0.15) is 11.1 Å². The number of benzene rings is 2. The van der Waals surface area contributed by atoms with Gasteiger partial charge in [-0.3, -0.25) is 14.6 Å². The SMILES string of the molecule is COc1ccc(N2C(=O)C3N=NN(Cc4ccccc4C)C3C2=O)cc1Cl. The van der Waals surface area contributed by atoms with Gasteiger partial charge in [0.1, 0.15) is 5.75 Å². The molecule has 8 heteroatoms. The molecule has 138 valence electrons. The third-order valence-corrected chi connectivity index (χ3v) is 5.14. The normalized spacial score (nSPS) is 21.1. The zero-order chi connectivity index (χ0) is 19.1. The number of hydrogen-bond donors (Lipinski definition) is 0. The molecule has 0 N–H and O–H groups in total. The smallest absolute Gasteiger partial charge is 0.263 e. The lowest BCUT2D eigenvalue weighted by atomic mass is 10.1. The number of carbonyl (C=O) groups is 2. The van der Waals surface area contributed by atoms with Crippen molar-refractivity contribution < 1.29 is 14.3 Å². The Kier molecular flexibility index (Phi) is 4.31. The van der Waals surface area contributed by atoms with E-state index in [1.54, 1.807) is 23.2 Å². The summed E-state index contributed by atoms with van der Waals surface area (Å²) in [5, 5.41) is 10.0. The highest BCUT2D eigenvalue weighted by molar-refractivity contribution is 6.33. The van der Waals surface area contributed by atoms with Crippen LogP contribution in [0.3, 0.4) is 0 Å². The molecule has 2 atom stereocenters. The first-order chi connectivity index (χ1) is 13.0. The lowest BCUT2D eigenvalue weighted by Gasteiger charge is -2.21. The summed E-state index contributed by atoms with van der Waals surface area (Å²) >= 11 is 6.15. The summed E-state index contributed by atoms with van der Waals surface area (Å²) in [4.78, 5) is 26.9. The molecule has 4 rings (SSSR count). The molecule has 2 aromatic carbocycles. The molecule has 0 aromatic heterocycles. The van der Waals surface area contributed by atoms with Crippen LogP contribution < -0.4 is 9.64 Å². The number of amides is 2. The zero-order valence-electron chi connectivity index (χ0n) is 14.8. The number of imide groups is 1. The van der Waals surface area contributed by atoms with Crippen LogP contribution in [0.25, 0.3) is 0 Å². The highest BCUT2D eigenvalue weighted by Crippen LogP contribution is 2.36. The molecule has 2 unspecified atom stereocenters. The quantitative estimate of drug-likeness (QED) is 0.759. The number of rotatable bonds is 4. The number of hydrogen-bond acceptors (Lipinski definition) is 6. The van der Waals surface area contributed by atoms with E-state index < -0.39 is 18.0 Å². The van der Waals surface area contributed by atoms with Gasteiger partial charge >= 0.3 is 0 Å². The molecule has 0 spiro atoms. The van der Waals surface area contributed by atoms with Crippen LogP contribution in [0.15, 0.2) is 52.8 Å². The minimum Gasteiger partial charge on any atom is -0.495 e. The lowest BCUT2D eigenvalue weighted by Crippen LogP contribution is -2.39. The second-order valence-corrected chi connectivity index (χ2v) is 6.86. The molecule has 0 saturated carbocycles. The van der Waals surface area contributed by atoms with Crippen molar-refractivity contribution in [3.63, 3.8) is 0 Å². The molecule has 2 aliphatic heterocycles. The van der Waals surface area contributed by atoms with Gasteiger partial charge in [0.2, 0.25) is 0 Å². The number of ether oxygens (including phenoxy) is 1. The van der Waals surface area contributed by atoms with Crippen molar-refractivity contribution in [3.8, 4) is 5.75 Å². The molecule has 0 aliphatic carbocycles. The fourth-order valence-electron chi connectivity index (χ4n) is 3.36. The Morgan fingerprint density at radius 1 is 1.15 bits per heavy atom. The Labute approximate surface area is 161 Å². The van der Waals surface area contributed by atoms with Crippen LogP contribution in [0, 0.1) is 6.92 Å². The van der Waals surface area contributed by atoms with Gasteiger partial charge in [-0.25, -0.2) is 4.90 Å². The maximum atomic E-state index is 13.0. The van der Waals surface area contributed by atoms with E-state index >= 15 is 0 Å². The lowest BCUT2D eigenvalue weighted by molar-refractivity contribution is -0.123. The van der Waals surface area contributed by atoms with Gasteiger partial charge in [0.25, 0.3) is 11.8 Å². The minimum atomic E-state index is -0.831. The van der Waals surface area contributed by atoms with Gasteiger partial charge in [-0.15, -0.1) is 0 Å². The molecule has 0 bridgehead atoms. The van der Waals surface area contributed by atoms with E-state index in [0.717, 1.165) is 16.0 Å². The van der Waals surface area contributed by atoms with Crippen molar-refractivity contribution in [2.75, 3.05) is 12.0 Å². The molecule has 2 aliphatic rings. The van der Waals surface area contributed by atoms with E-state index in [0.29, 0.717) is 23.0 Å². The predicted molar refractivity (Wildman–Crippen MR) is 99.7 cm³/mol. The number of carbonyl (C=O) groups excluding carboxylic acids is 2. The molecule has 27 heavy (non-hydrogen) atoms. The molecule has 0 radical (unpaired) electrons. The number of methoxy groups -OCH3 is 1. The first kappa shape index (κ1) is 17.5. The Morgan fingerprint density at radius 3 is 2.63 bits per heavy atom. The third kappa shape index (κ3) is 2.84.